The van der Waals surface area contributed by atoms with Crippen molar-refractivity contribution in [2.24, 2.45) is 0 Å². The number of benzene rings is 1. The molecule has 138 valence electrons. The van der Waals surface area contributed by atoms with E-state index in [1.54, 1.807) is 6.08 Å². The highest BCUT2D eigenvalue weighted by Gasteiger charge is 2.26. The van der Waals surface area contributed by atoms with Crippen LogP contribution in [0.4, 0.5) is 0 Å². The molecule has 2 rings (SSSR count). The molecule has 0 saturated carbocycles. The van der Waals surface area contributed by atoms with Gasteiger partial charge in [-0.2, -0.15) is 0 Å². The second-order valence-electron chi connectivity index (χ2n) is 5.60. The van der Waals surface area contributed by atoms with Crippen LogP contribution < -0.4 is 0 Å². The van der Waals surface area contributed by atoms with Gasteiger partial charge in [-0.25, -0.2) is 9.59 Å². The molecule has 1 aromatic rings. The highest BCUT2D eigenvalue weighted by atomic mass is 32.2. The lowest BCUT2D eigenvalue weighted by atomic mass is 10.1. The molecule has 1 aliphatic heterocycles. The van der Waals surface area contributed by atoms with Gasteiger partial charge < -0.3 is 14.4 Å². The lowest BCUT2D eigenvalue weighted by Crippen LogP contribution is -2.27. The van der Waals surface area contributed by atoms with Gasteiger partial charge in [0, 0.05) is 12.6 Å². The second kappa shape index (κ2) is 9.82. The van der Waals surface area contributed by atoms with E-state index in [1.807, 2.05) is 31.2 Å². The summed E-state index contributed by atoms with van der Waals surface area (Å²) in [6, 6.07) is 7.78. The van der Waals surface area contributed by atoms with Crippen LogP contribution in [0.25, 0.3) is 6.08 Å². The first-order valence-corrected chi connectivity index (χ1v) is 9.12. The van der Waals surface area contributed by atoms with Crippen molar-refractivity contribution in [3.63, 3.8) is 0 Å². The first kappa shape index (κ1) is 19.8. The fourth-order valence-corrected chi connectivity index (χ4v) is 3.17. The number of methoxy groups -OCH3 is 1. The predicted octanol–water partition coefficient (Wildman–Crippen LogP) is 2.53. The minimum absolute atomic E-state index is 0.0734. The van der Waals surface area contributed by atoms with E-state index in [-0.39, 0.29) is 12.5 Å². The van der Waals surface area contributed by atoms with Crippen molar-refractivity contribution in [3.8, 4) is 0 Å². The summed E-state index contributed by atoms with van der Waals surface area (Å²) in [6.45, 7) is 2.57. The van der Waals surface area contributed by atoms with Gasteiger partial charge in [-0.15, -0.1) is 0 Å². The maximum atomic E-state index is 11.9. The Morgan fingerprint density at radius 1 is 1.23 bits per heavy atom. The van der Waals surface area contributed by atoms with E-state index >= 15 is 0 Å². The number of thioether (sulfide) groups is 1. The molecule has 6 nitrogen and oxygen atoms in total. The highest BCUT2D eigenvalue weighted by Crippen LogP contribution is 2.28. The van der Waals surface area contributed by atoms with Gasteiger partial charge in [-0.1, -0.05) is 41.6 Å². The summed E-state index contributed by atoms with van der Waals surface area (Å²) in [5.41, 5.74) is 2.07. The van der Waals surface area contributed by atoms with Gasteiger partial charge in [0.2, 0.25) is 5.91 Å². The Balaban J connectivity index is 1.75. The number of ether oxygens (including phenoxy) is 2. The first-order valence-electron chi connectivity index (χ1n) is 8.14. The molecular formula is C19H21NO5S. The van der Waals surface area contributed by atoms with E-state index in [0.29, 0.717) is 23.7 Å². The summed E-state index contributed by atoms with van der Waals surface area (Å²) in [5, 5.41) is 0.562. The van der Waals surface area contributed by atoms with Gasteiger partial charge in [-0.05, 0) is 25.0 Å². The monoisotopic (exact) mass is 375 g/mol. The Bertz CT molecular complexity index is 724. The lowest BCUT2D eigenvalue weighted by molar-refractivity contribution is -0.138. The van der Waals surface area contributed by atoms with Crippen molar-refractivity contribution in [3.05, 3.63) is 52.6 Å². The summed E-state index contributed by atoms with van der Waals surface area (Å²) < 4.78 is 9.72. The van der Waals surface area contributed by atoms with E-state index in [9.17, 15) is 14.4 Å². The van der Waals surface area contributed by atoms with Crippen LogP contribution in [0.1, 0.15) is 17.5 Å². The number of carbonyl (C=O) groups excluding carboxylic acids is 3. The average molecular weight is 375 g/mol. The number of nitrogens with zero attached hydrogens (tertiary/aromatic N) is 1. The standard InChI is InChI=1S/C19H21NO5S/c1-14-4-6-15(7-5-14)8-9-18(22)25-11-3-10-20-16(21)13-26-17(20)12-19(23)24-2/h4-9,12H,3,10-11,13H2,1-2H3/b9-8+,17-12+. The maximum absolute atomic E-state index is 11.9. The Kier molecular flexibility index (Phi) is 7.47. The van der Waals surface area contributed by atoms with Crippen LogP contribution >= 0.6 is 11.8 Å². The van der Waals surface area contributed by atoms with Crippen molar-refractivity contribution in [2.75, 3.05) is 26.0 Å². The molecule has 0 N–H and O–H groups in total. The number of aryl methyl sites for hydroxylation is 1. The predicted molar refractivity (Wildman–Crippen MR) is 100 cm³/mol. The molecule has 0 spiro atoms. The number of esters is 2. The zero-order valence-electron chi connectivity index (χ0n) is 14.8. The van der Waals surface area contributed by atoms with Crippen LogP contribution in [0, 0.1) is 6.92 Å². The molecule has 0 aliphatic carbocycles. The Morgan fingerprint density at radius 3 is 2.65 bits per heavy atom. The van der Waals surface area contributed by atoms with E-state index < -0.39 is 11.9 Å². The molecule has 1 aliphatic rings. The second-order valence-corrected chi connectivity index (χ2v) is 6.60. The van der Waals surface area contributed by atoms with Crippen molar-refractivity contribution in [1.82, 2.24) is 4.90 Å². The van der Waals surface area contributed by atoms with E-state index in [1.165, 1.54) is 35.9 Å². The highest BCUT2D eigenvalue weighted by molar-refractivity contribution is 8.04. The number of hydrogen-bond donors (Lipinski definition) is 0. The Morgan fingerprint density at radius 2 is 1.96 bits per heavy atom. The summed E-state index contributed by atoms with van der Waals surface area (Å²) in [7, 11) is 1.29. The van der Waals surface area contributed by atoms with Gasteiger partial charge in [-0.3, -0.25) is 4.79 Å². The van der Waals surface area contributed by atoms with Gasteiger partial charge in [0.15, 0.2) is 0 Å². The van der Waals surface area contributed by atoms with Gasteiger partial charge >= 0.3 is 11.9 Å². The van der Waals surface area contributed by atoms with Crippen LogP contribution in [-0.4, -0.2) is 48.8 Å². The molecular weight excluding hydrogens is 354 g/mol. The lowest BCUT2D eigenvalue weighted by Gasteiger charge is -2.16. The summed E-state index contributed by atoms with van der Waals surface area (Å²) in [4.78, 5) is 36.4. The molecule has 7 heteroatoms. The number of amides is 1. The third kappa shape index (κ3) is 6.07. The Labute approximate surface area is 156 Å². The summed E-state index contributed by atoms with van der Waals surface area (Å²) >= 11 is 1.29. The van der Waals surface area contributed by atoms with E-state index in [4.69, 9.17) is 4.74 Å². The zero-order valence-corrected chi connectivity index (χ0v) is 15.6. The molecule has 1 amide bonds. The van der Waals surface area contributed by atoms with Crippen LogP contribution in [0.15, 0.2) is 41.4 Å². The van der Waals surface area contributed by atoms with Crippen molar-refractivity contribution < 1.29 is 23.9 Å². The zero-order chi connectivity index (χ0) is 18.9. The number of hydrogen-bond acceptors (Lipinski definition) is 6. The van der Waals surface area contributed by atoms with Crippen LogP contribution in [0.5, 0.6) is 0 Å². The fraction of sp³-hybridized carbons (Fsp3) is 0.316. The molecule has 1 aromatic carbocycles. The Hall–Kier alpha value is -2.54. The van der Waals surface area contributed by atoms with Crippen molar-refractivity contribution in [2.45, 2.75) is 13.3 Å². The van der Waals surface area contributed by atoms with Crippen LogP contribution in [0.3, 0.4) is 0 Å². The van der Waals surface area contributed by atoms with Gasteiger partial charge in [0.05, 0.1) is 30.6 Å². The molecule has 1 fully saturated rings. The number of carbonyl (C=O) groups is 3. The smallest absolute Gasteiger partial charge is 0.333 e. The minimum Gasteiger partial charge on any atom is -0.466 e. The average Bonchev–Trinajstić information content (AvgIpc) is 2.97. The van der Waals surface area contributed by atoms with Crippen LogP contribution in [0.2, 0.25) is 0 Å². The summed E-state index contributed by atoms with van der Waals surface area (Å²) in [6.07, 6.45) is 4.85. The molecule has 0 atom stereocenters. The quantitative estimate of drug-likeness (QED) is 0.414. The maximum Gasteiger partial charge on any atom is 0.333 e. The first-order chi connectivity index (χ1) is 12.5. The third-order valence-electron chi connectivity index (χ3n) is 3.61. The molecule has 0 radical (unpaired) electrons. The van der Waals surface area contributed by atoms with Gasteiger partial charge in [0.1, 0.15) is 0 Å². The molecule has 0 bridgehead atoms. The van der Waals surface area contributed by atoms with E-state index in [0.717, 1.165) is 11.1 Å². The minimum atomic E-state index is -0.500. The third-order valence-corrected chi connectivity index (χ3v) is 4.64. The molecule has 1 saturated heterocycles. The van der Waals surface area contributed by atoms with Crippen LogP contribution in [-0.2, 0) is 23.9 Å². The molecule has 0 unspecified atom stereocenters. The normalized spacial score (nSPS) is 15.7. The van der Waals surface area contributed by atoms with Crippen molar-refractivity contribution in [1.29, 1.82) is 0 Å². The largest absolute Gasteiger partial charge is 0.466 e. The topological polar surface area (TPSA) is 72.9 Å². The summed E-state index contributed by atoms with van der Waals surface area (Å²) in [5.74, 6) is -0.712. The van der Waals surface area contributed by atoms with Crippen molar-refractivity contribution >= 4 is 35.7 Å². The van der Waals surface area contributed by atoms with Gasteiger partial charge in [0.25, 0.3) is 0 Å². The molecule has 1 heterocycles. The fourth-order valence-electron chi connectivity index (χ4n) is 2.21. The molecule has 26 heavy (non-hydrogen) atoms. The van der Waals surface area contributed by atoms with E-state index in [2.05, 4.69) is 4.74 Å². The number of rotatable bonds is 7. The SMILES string of the molecule is COC(=O)/C=C1/SCC(=O)N1CCCOC(=O)/C=C/c1ccc(C)cc1. The molecule has 0 aromatic heterocycles.